The fourth-order valence-electron chi connectivity index (χ4n) is 1.36. The van der Waals surface area contributed by atoms with Crippen molar-refractivity contribution in [3.05, 3.63) is 35.4 Å². The van der Waals surface area contributed by atoms with Gasteiger partial charge in [0.05, 0.1) is 0 Å². The lowest BCUT2D eigenvalue weighted by Crippen LogP contribution is -2.12. The Balaban J connectivity index is 2.99. The Labute approximate surface area is 85.1 Å². The second-order valence-electron chi connectivity index (χ2n) is 4.02. The van der Waals surface area contributed by atoms with Crippen LogP contribution in [0.3, 0.4) is 0 Å². The van der Waals surface area contributed by atoms with Crippen molar-refractivity contribution < 1.29 is 4.79 Å². The first kappa shape index (κ1) is 10.8. The molecule has 2 N–H and O–H groups in total. The van der Waals surface area contributed by atoms with Gasteiger partial charge in [0, 0.05) is 5.56 Å². The third kappa shape index (κ3) is 2.34. The molecule has 0 saturated carbocycles. The van der Waals surface area contributed by atoms with Gasteiger partial charge in [-0.25, -0.2) is 0 Å². The van der Waals surface area contributed by atoms with Crippen LogP contribution in [0, 0.1) is 5.92 Å². The van der Waals surface area contributed by atoms with E-state index in [0.717, 1.165) is 0 Å². The van der Waals surface area contributed by atoms with Crippen LogP contribution in [0.4, 0.5) is 0 Å². The van der Waals surface area contributed by atoms with Gasteiger partial charge in [-0.3, -0.25) is 4.79 Å². The number of hydrogen-bond acceptors (Lipinski definition) is 1. The van der Waals surface area contributed by atoms with Crippen LogP contribution in [0.5, 0.6) is 0 Å². The number of hydrogen-bond donors (Lipinski definition) is 1. The van der Waals surface area contributed by atoms with E-state index in [0.29, 0.717) is 17.4 Å². The molecule has 76 valence electrons. The lowest BCUT2D eigenvalue weighted by atomic mass is 9.89. The number of primary amides is 1. The molecule has 1 amide bonds. The molecule has 1 aromatic carbocycles. The molecule has 14 heavy (non-hydrogen) atoms. The molecule has 0 spiro atoms. The Morgan fingerprint density at radius 2 is 1.93 bits per heavy atom. The van der Waals surface area contributed by atoms with Gasteiger partial charge in [0.25, 0.3) is 0 Å². The average Bonchev–Trinajstić information content (AvgIpc) is 2.16. The van der Waals surface area contributed by atoms with E-state index in [1.165, 1.54) is 5.56 Å². The molecular formula is C12H17NO. The quantitative estimate of drug-likeness (QED) is 0.783. The zero-order chi connectivity index (χ0) is 10.7. The van der Waals surface area contributed by atoms with Crippen molar-refractivity contribution >= 4 is 5.91 Å². The first-order chi connectivity index (χ1) is 6.52. The Hall–Kier alpha value is -1.31. The van der Waals surface area contributed by atoms with Crippen LogP contribution >= 0.6 is 0 Å². The fraction of sp³-hybridized carbons (Fsp3) is 0.417. The third-order valence-corrected chi connectivity index (χ3v) is 2.70. The highest BCUT2D eigenvalue weighted by molar-refractivity contribution is 5.92. The topological polar surface area (TPSA) is 43.1 Å². The minimum Gasteiger partial charge on any atom is -0.366 e. The van der Waals surface area contributed by atoms with Crippen molar-refractivity contribution in [3.63, 3.8) is 0 Å². The number of carbonyl (C=O) groups is 1. The second-order valence-corrected chi connectivity index (χ2v) is 4.02. The number of amides is 1. The standard InChI is InChI=1S/C12H17NO/c1-8(2)9(3)10-5-4-6-11(7-10)12(13)14/h4-9H,1-3H3,(H2,13,14). The van der Waals surface area contributed by atoms with Crippen LogP contribution in [-0.4, -0.2) is 5.91 Å². The minimum atomic E-state index is -0.359. The van der Waals surface area contributed by atoms with E-state index in [9.17, 15) is 4.79 Å². The van der Waals surface area contributed by atoms with Gasteiger partial charge in [-0.2, -0.15) is 0 Å². The van der Waals surface area contributed by atoms with Gasteiger partial charge in [-0.15, -0.1) is 0 Å². The molecule has 0 aliphatic carbocycles. The van der Waals surface area contributed by atoms with E-state index in [1.54, 1.807) is 6.07 Å². The molecule has 0 heterocycles. The van der Waals surface area contributed by atoms with Gasteiger partial charge in [0.2, 0.25) is 5.91 Å². The summed E-state index contributed by atoms with van der Waals surface area (Å²) in [4.78, 5) is 11.0. The predicted molar refractivity (Wildman–Crippen MR) is 58.2 cm³/mol. The Bertz CT molecular complexity index is 331. The molecule has 1 atom stereocenters. The fourth-order valence-corrected chi connectivity index (χ4v) is 1.36. The van der Waals surface area contributed by atoms with Crippen molar-refractivity contribution in [2.45, 2.75) is 26.7 Å². The van der Waals surface area contributed by atoms with E-state index in [1.807, 2.05) is 18.2 Å². The van der Waals surface area contributed by atoms with Gasteiger partial charge in [0.1, 0.15) is 0 Å². The third-order valence-electron chi connectivity index (χ3n) is 2.70. The van der Waals surface area contributed by atoms with Gasteiger partial charge in [0.15, 0.2) is 0 Å². The van der Waals surface area contributed by atoms with Crippen molar-refractivity contribution in [1.82, 2.24) is 0 Å². The first-order valence-corrected chi connectivity index (χ1v) is 4.92. The summed E-state index contributed by atoms with van der Waals surface area (Å²) in [6.07, 6.45) is 0. The van der Waals surface area contributed by atoms with Gasteiger partial charge in [-0.05, 0) is 29.5 Å². The van der Waals surface area contributed by atoms with Crippen LogP contribution in [0.1, 0.15) is 42.6 Å². The van der Waals surface area contributed by atoms with Crippen molar-refractivity contribution in [3.8, 4) is 0 Å². The maximum absolute atomic E-state index is 11.0. The Morgan fingerprint density at radius 1 is 1.29 bits per heavy atom. The highest BCUT2D eigenvalue weighted by atomic mass is 16.1. The number of rotatable bonds is 3. The summed E-state index contributed by atoms with van der Waals surface area (Å²) in [5, 5.41) is 0. The Kier molecular flexibility index (Phi) is 3.28. The zero-order valence-electron chi connectivity index (χ0n) is 8.95. The maximum Gasteiger partial charge on any atom is 0.248 e. The lowest BCUT2D eigenvalue weighted by molar-refractivity contribution is 0.1000. The largest absolute Gasteiger partial charge is 0.366 e. The van der Waals surface area contributed by atoms with E-state index in [-0.39, 0.29) is 5.91 Å². The number of nitrogens with two attached hydrogens (primary N) is 1. The van der Waals surface area contributed by atoms with E-state index < -0.39 is 0 Å². The molecule has 1 aromatic rings. The van der Waals surface area contributed by atoms with Crippen LogP contribution < -0.4 is 5.73 Å². The monoisotopic (exact) mass is 191 g/mol. The summed E-state index contributed by atoms with van der Waals surface area (Å²) >= 11 is 0. The second kappa shape index (κ2) is 4.27. The summed E-state index contributed by atoms with van der Waals surface area (Å²) in [5.41, 5.74) is 6.99. The highest BCUT2D eigenvalue weighted by Crippen LogP contribution is 2.23. The average molecular weight is 191 g/mol. The van der Waals surface area contributed by atoms with E-state index in [4.69, 9.17) is 5.73 Å². The van der Waals surface area contributed by atoms with Crippen LogP contribution in [0.25, 0.3) is 0 Å². The highest BCUT2D eigenvalue weighted by Gasteiger charge is 2.11. The predicted octanol–water partition coefficient (Wildman–Crippen LogP) is 2.54. The molecule has 1 rings (SSSR count). The van der Waals surface area contributed by atoms with Crippen LogP contribution in [-0.2, 0) is 0 Å². The number of carbonyl (C=O) groups excluding carboxylic acids is 1. The lowest BCUT2D eigenvalue weighted by Gasteiger charge is -2.16. The molecule has 1 unspecified atom stereocenters. The van der Waals surface area contributed by atoms with Gasteiger partial charge >= 0.3 is 0 Å². The van der Waals surface area contributed by atoms with E-state index in [2.05, 4.69) is 20.8 Å². The molecular weight excluding hydrogens is 174 g/mol. The SMILES string of the molecule is CC(C)C(C)c1cccc(C(N)=O)c1. The molecule has 0 saturated heterocycles. The molecule has 2 heteroatoms. The normalized spacial score (nSPS) is 12.9. The van der Waals surface area contributed by atoms with Crippen LogP contribution in [0.15, 0.2) is 24.3 Å². The summed E-state index contributed by atoms with van der Waals surface area (Å²) in [5.74, 6) is 0.662. The van der Waals surface area contributed by atoms with Crippen molar-refractivity contribution in [2.75, 3.05) is 0 Å². The molecule has 0 aliphatic heterocycles. The summed E-state index contributed by atoms with van der Waals surface area (Å²) < 4.78 is 0. The van der Waals surface area contributed by atoms with E-state index >= 15 is 0 Å². The molecule has 0 bridgehead atoms. The maximum atomic E-state index is 11.0. The summed E-state index contributed by atoms with van der Waals surface area (Å²) in [7, 11) is 0. The van der Waals surface area contributed by atoms with Gasteiger partial charge < -0.3 is 5.73 Å². The van der Waals surface area contributed by atoms with Crippen molar-refractivity contribution in [2.24, 2.45) is 11.7 Å². The molecule has 0 aromatic heterocycles. The smallest absolute Gasteiger partial charge is 0.248 e. The Morgan fingerprint density at radius 3 is 2.43 bits per heavy atom. The minimum absolute atomic E-state index is 0.359. The molecule has 0 radical (unpaired) electrons. The molecule has 0 aliphatic rings. The van der Waals surface area contributed by atoms with Gasteiger partial charge in [-0.1, -0.05) is 32.9 Å². The molecule has 0 fully saturated rings. The molecule has 2 nitrogen and oxygen atoms in total. The zero-order valence-corrected chi connectivity index (χ0v) is 8.95. The van der Waals surface area contributed by atoms with Crippen LogP contribution in [0.2, 0.25) is 0 Å². The first-order valence-electron chi connectivity index (χ1n) is 4.92. The number of benzene rings is 1. The van der Waals surface area contributed by atoms with Crippen molar-refractivity contribution in [1.29, 1.82) is 0 Å². The summed E-state index contributed by atoms with van der Waals surface area (Å²) in [6, 6.07) is 7.55. The summed E-state index contributed by atoms with van der Waals surface area (Å²) in [6.45, 7) is 6.49.